The summed E-state index contributed by atoms with van der Waals surface area (Å²) in [6.45, 7) is 3.44. The fourth-order valence-corrected chi connectivity index (χ4v) is 1.75. The number of nitrogens with zero attached hydrogens (tertiary/aromatic N) is 1. The van der Waals surface area contributed by atoms with E-state index < -0.39 is 0 Å². The molecule has 0 spiro atoms. The number of benzene rings is 1. The quantitative estimate of drug-likeness (QED) is 0.794. The van der Waals surface area contributed by atoms with Crippen LogP contribution in [-0.2, 0) is 4.79 Å². The van der Waals surface area contributed by atoms with Gasteiger partial charge in [-0.05, 0) is 36.7 Å². The molecule has 4 nitrogen and oxygen atoms in total. The highest BCUT2D eigenvalue weighted by Crippen LogP contribution is 2.11. The van der Waals surface area contributed by atoms with Crippen LogP contribution in [0.4, 0.5) is 4.39 Å². The van der Waals surface area contributed by atoms with Gasteiger partial charge in [-0.3, -0.25) is 4.79 Å². The van der Waals surface area contributed by atoms with Crippen LogP contribution in [0.1, 0.15) is 19.8 Å². The molecule has 1 aromatic carbocycles. The van der Waals surface area contributed by atoms with Gasteiger partial charge in [0.05, 0.1) is 6.54 Å². The lowest BCUT2D eigenvalue weighted by molar-refractivity contribution is -0.131. The Kier molecular flexibility index (Phi) is 7.01. The summed E-state index contributed by atoms with van der Waals surface area (Å²) in [4.78, 5) is 13.6. The maximum Gasteiger partial charge on any atom is 0.222 e. The van der Waals surface area contributed by atoms with Gasteiger partial charge in [0.2, 0.25) is 5.91 Å². The monoisotopic (exact) mass is 282 g/mol. The molecule has 2 N–H and O–H groups in total. The van der Waals surface area contributed by atoms with Crippen molar-refractivity contribution in [2.24, 2.45) is 11.7 Å². The summed E-state index contributed by atoms with van der Waals surface area (Å²) in [5.74, 6) is 0.616. The maximum atomic E-state index is 12.7. The standard InChI is InChI=1S/C15H23FN2O2/c1-3-12(11-17)10-15(19)18(2)8-9-20-14-6-4-13(16)5-7-14/h4-7,12H,3,8-11,17H2,1-2H3. The summed E-state index contributed by atoms with van der Waals surface area (Å²) in [6.07, 6.45) is 1.38. The predicted molar refractivity (Wildman–Crippen MR) is 77.0 cm³/mol. The molecular formula is C15H23FN2O2. The van der Waals surface area contributed by atoms with E-state index in [1.54, 1.807) is 24.1 Å². The normalized spacial score (nSPS) is 12.0. The van der Waals surface area contributed by atoms with Crippen LogP contribution >= 0.6 is 0 Å². The molecule has 1 amide bonds. The SMILES string of the molecule is CCC(CN)CC(=O)N(C)CCOc1ccc(F)cc1. The zero-order valence-electron chi connectivity index (χ0n) is 12.1. The van der Waals surface area contributed by atoms with Crippen LogP contribution in [0.3, 0.4) is 0 Å². The minimum atomic E-state index is -0.294. The fraction of sp³-hybridized carbons (Fsp3) is 0.533. The first kappa shape index (κ1) is 16.4. The van der Waals surface area contributed by atoms with E-state index in [2.05, 4.69) is 0 Å². The Morgan fingerprint density at radius 3 is 2.60 bits per heavy atom. The molecular weight excluding hydrogens is 259 g/mol. The molecule has 1 rings (SSSR count). The Morgan fingerprint density at radius 1 is 1.40 bits per heavy atom. The van der Waals surface area contributed by atoms with Crippen molar-refractivity contribution >= 4 is 5.91 Å². The Balaban J connectivity index is 2.30. The van der Waals surface area contributed by atoms with Gasteiger partial charge < -0.3 is 15.4 Å². The van der Waals surface area contributed by atoms with Crippen LogP contribution in [0.25, 0.3) is 0 Å². The second-order valence-corrected chi connectivity index (χ2v) is 4.83. The first-order valence-corrected chi connectivity index (χ1v) is 6.89. The Hall–Kier alpha value is -1.62. The van der Waals surface area contributed by atoms with E-state index in [0.29, 0.717) is 31.9 Å². The smallest absolute Gasteiger partial charge is 0.222 e. The minimum Gasteiger partial charge on any atom is -0.492 e. The van der Waals surface area contributed by atoms with E-state index in [1.807, 2.05) is 6.92 Å². The van der Waals surface area contributed by atoms with Gasteiger partial charge in [0.25, 0.3) is 0 Å². The molecule has 0 aliphatic carbocycles. The van der Waals surface area contributed by atoms with E-state index in [1.165, 1.54) is 12.1 Å². The van der Waals surface area contributed by atoms with Gasteiger partial charge in [0.1, 0.15) is 18.2 Å². The summed E-state index contributed by atoms with van der Waals surface area (Å²) in [5.41, 5.74) is 5.59. The first-order valence-electron chi connectivity index (χ1n) is 6.89. The molecule has 0 fully saturated rings. The highest BCUT2D eigenvalue weighted by Gasteiger charge is 2.14. The summed E-state index contributed by atoms with van der Waals surface area (Å²) >= 11 is 0. The van der Waals surface area contributed by atoms with Gasteiger partial charge >= 0.3 is 0 Å². The van der Waals surface area contributed by atoms with Gasteiger partial charge in [0.15, 0.2) is 0 Å². The summed E-state index contributed by atoms with van der Waals surface area (Å²) in [5, 5.41) is 0. The number of halogens is 1. The maximum absolute atomic E-state index is 12.7. The van der Waals surface area contributed by atoms with E-state index in [4.69, 9.17) is 10.5 Å². The number of ether oxygens (including phenoxy) is 1. The lowest BCUT2D eigenvalue weighted by Gasteiger charge is -2.20. The van der Waals surface area contributed by atoms with Gasteiger partial charge in [-0.2, -0.15) is 0 Å². The average molecular weight is 282 g/mol. The number of amides is 1. The molecule has 0 aliphatic heterocycles. The van der Waals surface area contributed by atoms with Crippen LogP contribution in [0.2, 0.25) is 0 Å². The van der Waals surface area contributed by atoms with Crippen molar-refractivity contribution in [3.63, 3.8) is 0 Å². The Labute approximate surface area is 119 Å². The molecule has 0 heterocycles. The topological polar surface area (TPSA) is 55.6 Å². The molecule has 0 aliphatic rings. The fourth-order valence-electron chi connectivity index (χ4n) is 1.75. The number of hydrogen-bond donors (Lipinski definition) is 1. The van der Waals surface area contributed by atoms with Crippen molar-refractivity contribution in [3.8, 4) is 5.75 Å². The summed E-state index contributed by atoms with van der Waals surface area (Å²) < 4.78 is 18.2. The summed E-state index contributed by atoms with van der Waals surface area (Å²) in [6, 6.07) is 5.83. The van der Waals surface area contributed by atoms with Crippen molar-refractivity contribution in [1.82, 2.24) is 4.90 Å². The number of rotatable bonds is 8. The Morgan fingerprint density at radius 2 is 2.05 bits per heavy atom. The highest BCUT2D eigenvalue weighted by atomic mass is 19.1. The van der Waals surface area contributed by atoms with Gasteiger partial charge in [0, 0.05) is 13.5 Å². The molecule has 20 heavy (non-hydrogen) atoms. The van der Waals surface area contributed by atoms with E-state index in [9.17, 15) is 9.18 Å². The van der Waals surface area contributed by atoms with Gasteiger partial charge in [-0.25, -0.2) is 4.39 Å². The molecule has 0 radical (unpaired) electrons. The number of hydrogen-bond acceptors (Lipinski definition) is 3. The van der Waals surface area contributed by atoms with E-state index >= 15 is 0 Å². The highest BCUT2D eigenvalue weighted by molar-refractivity contribution is 5.76. The molecule has 0 bridgehead atoms. The largest absolute Gasteiger partial charge is 0.492 e. The minimum absolute atomic E-state index is 0.0741. The molecule has 0 aromatic heterocycles. The molecule has 1 atom stereocenters. The van der Waals surface area contributed by atoms with Crippen molar-refractivity contribution in [1.29, 1.82) is 0 Å². The number of nitrogens with two attached hydrogens (primary N) is 1. The third kappa shape index (κ3) is 5.57. The lowest BCUT2D eigenvalue weighted by atomic mass is 10.0. The molecule has 0 saturated heterocycles. The van der Waals surface area contributed by atoms with Crippen molar-refractivity contribution in [2.45, 2.75) is 19.8 Å². The van der Waals surface area contributed by atoms with Crippen LogP contribution in [0, 0.1) is 11.7 Å². The van der Waals surface area contributed by atoms with Crippen molar-refractivity contribution < 1.29 is 13.9 Å². The number of carbonyl (C=O) groups excluding carboxylic acids is 1. The summed E-state index contributed by atoms with van der Waals surface area (Å²) in [7, 11) is 1.75. The van der Waals surface area contributed by atoms with Crippen LogP contribution in [0.15, 0.2) is 24.3 Å². The predicted octanol–water partition coefficient (Wildman–Crippen LogP) is 2.04. The number of carbonyl (C=O) groups is 1. The van der Waals surface area contributed by atoms with Gasteiger partial charge in [-0.1, -0.05) is 13.3 Å². The van der Waals surface area contributed by atoms with Gasteiger partial charge in [-0.15, -0.1) is 0 Å². The molecule has 5 heteroatoms. The van der Waals surface area contributed by atoms with Crippen LogP contribution in [0.5, 0.6) is 5.75 Å². The zero-order valence-corrected chi connectivity index (χ0v) is 12.1. The molecule has 1 unspecified atom stereocenters. The zero-order chi connectivity index (χ0) is 15.0. The van der Waals surface area contributed by atoms with E-state index in [0.717, 1.165) is 6.42 Å². The second kappa shape index (κ2) is 8.53. The van der Waals surface area contributed by atoms with Crippen molar-refractivity contribution in [3.05, 3.63) is 30.1 Å². The number of likely N-dealkylation sites (N-methyl/N-ethyl adjacent to an activating group) is 1. The van der Waals surface area contributed by atoms with E-state index in [-0.39, 0.29) is 17.6 Å². The third-order valence-corrected chi connectivity index (χ3v) is 3.31. The lowest BCUT2D eigenvalue weighted by Crippen LogP contribution is -2.33. The van der Waals surface area contributed by atoms with Crippen molar-refractivity contribution in [2.75, 3.05) is 26.7 Å². The van der Waals surface area contributed by atoms with Crippen LogP contribution < -0.4 is 10.5 Å². The molecule has 112 valence electrons. The third-order valence-electron chi connectivity index (χ3n) is 3.31. The van der Waals surface area contributed by atoms with Crippen LogP contribution in [-0.4, -0.2) is 37.6 Å². The average Bonchev–Trinajstić information content (AvgIpc) is 2.46. The second-order valence-electron chi connectivity index (χ2n) is 4.83. The molecule has 1 aromatic rings. The molecule has 0 saturated carbocycles. The first-order chi connectivity index (χ1) is 9.56. The Bertz CT molecular complexity index is 405.